The number of methoxy groups -OCH3 is 1. The number of anilines is 1. The first kappa shape index (κ1) is 23.9. The molecule has 1 N–H and O–H groups in total. The molecule has 1 aliphatic heterocycles. The summed E-state index contributed by atoms with van der Waals surface area (Å²) in [5.41, 5.74) is 3.15. The Kier molecular flexibility index (Phi) is 7.11. The van der Waals surface area contributed by atoms with Crippen molar-refractivity contribution >= 4 is 15.7 Å². The summed E-state index contributed by atoms with van der Waals surface area (Å²) in [6.07, 6.45) is 10.8. The first-order valence-corrected chi connectivity index (χ1v) is 13.9. The van der Waals surface area contributed by atoms with E-state index in [9.17, 15) is 8.42 Å². The molecule has 0 unspecified atom stereocenters. The molecule has 1 atom stereocenters. The van der Waals surface area contributed by atoms with Crippen LogP contribution < -0.4 is 9.64 Å². The number of aromatic nitrogens is 2. The van der Waals surface area contributed by atoms with E-state index in [1.165, 1.54) is 25.7 Å². The number of imidazole rings is 1. The molecular weight excluding hydrogens is 460 g/mol. The Balaban J connectivity index is 1.50. The van der Waals surface area contributed by atoms with Crippen LogP contribution in [0.2, 0.25) is 0 Å². The Morgan fingerprint density at radius 1 is 1.06 bits per heavy atom. The Bertz CT molecular complexity index is 1210. The van der Waals surface area contributed by atoms with E-state index >= 15 is 0 Å². The van der Waals surface area contributed by atoms with E-state index < -0.39 is 10.0 Å². The predicted octanol–water partition coefficient (Wildman–Crippen LogP) is 4.97. The summed E-state index contributed by atoms with van der Waals surface area (Å²) in [5, 5.41) is 0. The number of hydrogen-bond donors (Lipinski definition) is 1. The lowest BCUT2D eigenvalue weighted by molar-refractivity contribution is 0.350. The number of sulfonamides is 1. The summed E-state index contributed by atoms with van der Waals surface area (Å²) in [6, 6.07) is 15.0. The van der Waals surface area contributed by atoms with Crippen molar-refractivity contribution in [3.05, 3.63) is 72.3 Å². The summed E-state index contributed by atoms with van der Waals surface area (Å²) < 4.78 is 34.6. The number of aromatic amines is 1. The van der Waals surface area contributed by atoms with E-state index in [2.05, 4.69) is 20.9 Å². The van der Waals surface area contributed by atoms with Crippen molar-refractivity contribution in [3.8, 4) is 5.75 Å². The molecule has 2 aliphatic rings. The van der Waals surface area contributed by atoms with E-state index in [-0.39, 0.29) is 6.04 Å². The number of nitrogens with one attached hydrogen (secondary N) is 1. The number of hydrogen-bond acceptors (Lipinski definition) is 5. The number of benzene rings is 2. The molecule has 1 fully saturated rings. The average molecular weight is 495 g/mol. The van der Waals surface area contributed by atoms with Gasteiger partial charge in [-0.2, -0.15) is 4.31 Å². The van der Waals surface area contributed by atoms with Gasteiger partial charge in [-0.3, -0.25) is 0 Å². The molecule has 1 aliphatic carbocycles. The number of nitrogens with zero attached hydrogens (tertiary/aromatic N) is 3. The maximum Gasteiger partial charge on any atom is 0.243 e. The third-order valence-corrected chi connectivity index (χ3v) is 9.30. The minimum absolute atomic E-state index is 0.0653. The van der Waals surface area contributed by atoms with Gasteiger partial charge in [0, 0.05) is 31.0 Å². The van der Waals surface area contributed by atoms with Gasteiger partial charge in [-0.25, -0.2) is 13.4 Å². The van der Waals surface area contributed by atoms with Gasteiger partial charge in [0.2, 0.25) is 10.0 Å². The second-order valence-electron chi connectivity index (χ2n) is 9.69. The Hall–Kier alpha value is -2.84. The van der Waals surface area contributed by atoms with Crippen molar-refractivity contribution in [2.24, 2.45) is 5.92 Å². The highest BCUT2D eigenvalue weighted by Gasteiger charge is 2.35. The number of H-pyrrole nitrogens is 1. The van der Waals surface area contributed by atoms with Gasteiger partial charge in [-0.05, 0) is 54.7 Å². The van der Waals surface area contributed by atoms with Crippen LogP contribution in [0.15, 0.2) is 66.0 Å². The smallest absolute Gasteiger partial charge is 0.243 e. The third-order valence-electron chi connectivity index (χ3n) is 7.48. The molecule has 5 rings (SSSR count). The first-order chi connectivity index (χ1) is 17.0. The highest BCUT2D eigenvalue weighted by molar-refractivity contribution is 7.89. The average Bonchev–Trinajstić information content (AvgIpc) is 3.57. The standard InChI is InChI=1S/C27H34N4O3S/c1-34-25-12-14-26(15-13-25)35(32,33)30-17-22-8-4-5-9-27(22)31(18-23-16-28-20-29-23)24(19-30)11-10-21-6-2-3-7-21/h4-5,8-9,12-16,20-21,24H,2-3,6-7,10-11,17-19H2,1H3,(H,28,29)/t24-/m0/s1. The second-order valence-corrected chi connectivity index (χ2v) is 11.6. The van der Waals surface area contributed by atoms with Gasteiger partial charge in [-0.1, -0.05) is 43.9 Å². The number of fused-ring (bicyclic) bond motifs is 1. The summed E-state index contributed by atoms with van der Waals surface area (Å²) in [4.78, 5) is 10.1. The largest absolute Gasteiger partial charge is 0.497 e. The molecule has 1 aromatic heterocycles. The van der Waals surface area contributed by atoms with E-state index in [0.29, 0.717) is 30.3 Å². The van der Waals surface area contributed by atoms with Gasteiger partial charge in [0.05, 0.1) is 30.6 Å². The molecule has 35 heavy (non-hydrogen) atoms. The van der Waals surface area contributed by atoms with Crippen molar-refractivity contribution in [3.63, 3.8) is 0 Å². The van der Waals surface area contributed by atoms with Gasteiger partial charge in [0.15, 0.2) is 0 Å². The molecule has 1 saturated carbocycles. The van der Waals surface area contributed by atoms with Crippen LogP contribution in [-0.2, 0) is 23.1 Å². The van der Waals surface area contributed by atoms with Gasteiger partial charge in [0.1, 0.15) is 5.75 Å². The summed E-state index contributed by atoms with van der Waals surface area (Å²) in [5.74, 6) is 1.39. The molecule has 0 spiro atoms. The normalized spacial score (nSPS) is 19.5. The van der Waals surface area contributed by atoms with Crippen molar-refractivity contribution in [2.45, 2.75) is 62.6 Å². The summed E-state index contributed by atoms with van der Waals surface area (Å²) in [7, 11) is -2.10. The number of ether oxygens (including phenoxy) is 1. The van der Waals surface area contributed by atoms with Crippen LogP contribution in [0.5, 0.6) is 5.75 Å². The SMILES string of the molecule is COc1ccc(S(=O)(=O)N2Cc3ccccc3N(Cc3cnc[nH]3)[C@@H](CCC3CCCC3)C2)cc1. The maximum absolute atomic E-state index is 13.8. The monoisotopic (exact) mass is 494 g/mol. The molecule has 8 heteroatoms. The van der Waals surface area contributed by atoms with Crippen LogP contribution in [0.25, 0.3) is 0 Å². The predicted molar refractivity (Wildman–Crippen MR) is 137 cm³/mol. The molecule has 2 aromatic carbocycles. The molecule has 0 saturated heterocycles. The molecule has 7 nitrogen and oxygen atoms in total. The van der Waals surface area contributed by atoms with Gasteiger partial charge >= 0.3 is 0 Å². The molecule has 0 bridgehead atoms. The fourth-order valence-electron chi connectivity index (χ4n) is 5.53. The number of rotatable bonds is 8. The highest BCUT2D eigenvalue weighted by atomic mass is 32.2. The fraction of sp³-hybridized carbons (Fsp3) is 0.444. The zero-order valence-electron chi connectivity index (χ0n) is 20.3. The summed E-state index contributed by atoms with van der Waals surface area (Å²) >= 11 is 0. The second kappa shape index (κ2) is 10.4. The molecule has 3 aromatic rings. The van der Waals surface area contributed by atoms with E-state index in [0.717, 1.165) is 35.7 Å². The topological polar surface area (TPSA) is 78.5 Å². The van der Waals surface area contributed by atoms with Crippen LogP contribution in [0, 0.1) is 5.92 Å². The molecule has 0 radical (unpaired) electrons. The molecule has 186 valence electrons. The highest BCUT2D eigenvalue weighted by Crippen LogP contribution is 2.35. The lowest BCUT2D eigenvalue weighted by atomic mass is 9.97. The minimum atomic E-state index is -3.68. The summed E-state index contributed by atoms with van der Waals surface area (Å²) in [6.45, 7) is 1.47. The molecule has 2 heterocycles. The third kappa shape index (κ3) is 5.23. The van der Waals surface area contributed by atoms with Crippen LogP contribution >= 0.6 is 0 Å². The quantitative estimate of drug-likeness (QED) is 0.478. The Morgan fingerprint density at radius 3 is 2.54 bits per heavy atom. The van der Waals surface area contributed by atoms with Crippen LogP contribution in [0.1, 0.15) is 49.8 Å². The molecule has 0 amide bonds. The van der Waals surface area contributed by atoms with Crippen LogP contribution in [0.4, 0.5) is 5.69 Å². The zero-order valence-corrected chi connectivity index (χ0v) is 21.1. The van der Waals surface area contributed by atoms with Gasteiger partial charge < -0.3 is 14.6 Å². The van der Waals surface area contributed by atoms with E-state index in [4.69, 9.17) is 4.74 Å². The fourth-order valence-corrected chi connectivity index (χ4v) is 6.99. The Morgan fingerprint density at radius 2 is 1.83 bits per heavy atom. The van der Waals surface area contributed by atoms with E-state index in [1.807, 2.05) is 24.4 Å². The van der Waals surface area contributed by atoms with Crippen molar-refractivity contribution in [2.75, 3.05) is 18.6 Å². The Labute approximate surface area is 208 Å². The van der Waals surface area contributed by atoms with Gasteiger partial charge in [-0.15, -0.1) is 0 Å². The lowest BCUT2D eigenvalue weighted by Crippen LogP contribution is -2.43. The van der Waals surface area contributed by atoms with Crippen LogP contribution in [-0.4, -0.2) is 42.4 Å². The number of para-hydroxylation sites is 1. The first-order valence-electron chi connectivity index (χ1n) is 12.5. The zero-order chi connectivity index (χ0) is 24.3. The van der Waals surface area contributed by atoms with E-state index in [1.54, 1.807) is 42.0 Å². The maximum atomic E-state index is 13.8. The van der Waals surface area contributed by atoms with Crippen molar-refractivity contribution in [1.29, 1.82) is 0 Å². The van der Waals surface area contributed by atoms with Crippen molar-refractivity contribution in [1.82, 2.24) is 14.3 Å². The minimum Gasteiger partial charge on any atom is -0.497 e. The molecular formula is C27H34N4O3S. The van der Waals surface area contributed by atoms with Crippen molar-refractivity contribution < 1.29 is 13.2 Å². The van der Waals surface area contributed by atoms with Gasteiger partial charge in [0.25, 0.3) is 0 Å². The lowest BCUT2D eigenvalue weighted by Gasteiger charge is -2.34. The van der Waals surface area contributed by atoms with Crippen LogP contribution in [0.3, 0.4) is 0 Å².